The van der Waals surface area contributed by atoms with Crippen molar-refractivity contribution in [2.24, 2.45) is 0 Å². The van der Waals surface area contributed by atoms with Crippen LogP contribution in [-0.4, -0.2) is 61.2 Å². The Bertz CT molecular complexity index is 748. The van der Waals surface area contributed by atoms with Crippen LogP contribution < -0.4 is 4.74 Å². The molecule has 2 aromatic carbocycles. The highest BCUT2D eigenvalue weighted by atomic mass is 19.1. The van der Waals surface area contributed by atoms with Gasteiger partial charge in [0.2, 0.25) is 5.91 Å². The predicted octanol–water partition coefficient (Wildman–Crippen LogP) is 3.34. The lowest BCUT2D eigenvalue weighted by Gasteiger charge is -2.35. The highest BCUT2D eigenvalue weighted by Gasteiger charge is 2.23. The van der Waals surface area contributed by atoms with E-state index < -0.39 is 0 Å². The second-order valence-corrected chi connectivity index (χ2v) is 7.32. The molecule has 29 heavy (non-hydrogen) atoms. The lowest BCUT2D eigenvalue weighted by atomic mass is 10.1. The fraction of sp³-hybridized carbons (Fsp3) is 0.435. The summed E-state index contributed by atoms with van der Waals surface area (Å²) in [4.78, 5) is 17.3. The first-order valence-electron chi connectivity index (χ1n) is 10.1. The number of rotatable bonds is 9. The van der Waals surface area contributed by atoms with E-state index in [2.05, 4.69) is 11.8 Å². The summed E-state index contributed by atoms with van der Waals surface area (Å²) in [6, 6.07) is 15.9. The third kappa shape index (κ3) is 6.84. The normalized spacial score (nSPS) is 15.7. The molecule has 0 bridgehead atoms. The maximum absolute atomic E-state index is 13.0. The van der Waals surface area contributed by atoms with E-state index in [0.717, 1.165) is 38.4 Å². The smallest absolute Gasteiger partial charge is 0.226 e. The van der Waals surface area contributed by atoms with E-state index in [1.165, 1.54) is 12.1 Å². The Morgan fingerprint density at radius 1 is 1.14 bits per heavy atom. The summed E-state index contributed by atoms with van der Waals surface area (Å²) in [5.74, 6) is 0.311. The third-order valence-corrected chi connectivity index (χ3v) is 5.07. The van der Waals surface area contributed by atoms with Crippen LogP contribution in [0.1, 0.15) is 18.9 Å². The number of carbonyl (C=O) groups is 1. The summed E-state index contributed by atoms with van der Waals surface area (Å²) in [5.41, 5.74) is 1.11. The summed E-state index contributed by atoms with van der Waals surface area (Å²) in [6.07, 6.45) is 0.275. The van der Waals surface area contributed by atoms with E-state index in [-0.39, 0.29) is 30.8 Å². The van der Waals surface area contributed by atoms with Crippen molar-refractivity contribution >= 4 is 5.91 Å². The van der Waals surface area contributed by atoms with Crippen molar-refractivity contribution < 1.29 is 18.7 Å². The summed E-state index contributed by atoms with van der Waals surface area (Å²) < 4.78 is 24.0. The molecule has 156 valence electrons. The van der Waals surface area contributed by atoms with Crippen molar-refractivity contribution in [1.82, 2.24) is 9.80 Å². The second-order valence-electron chi connectivity index (χ2n) is 7.32. The number of nitrogens with zero attached hydrogens (tertiary/aromatic N) is 2. The van der Waals surface area contributed by atoms with Gasteiger partial charge < -0.3 is 14.4 Å². The average Bonchev–Trinajstić information content (AvgIpc) is 2.74. The van der Waals surface area contributed by atoms with Gasteiger partial charge in [0.15, 0.2) is 0 Å². The summed E-state index contributed by atoms with van der Waals surface area (Å²) >= 11 is 0. The van der Waals surface area contributed by atoms with Crippen molar-refractivity contribution in [2.75, 3.05) is 39.5 Å². The first kappa shape index (κ1) is 21.3. The van der Waals surface area contributed by atoms with Crippen LogP contribution in [0.5, 0.6) is 5.75 Å². The average molecular weight is 400 g/mol. The van der Waals surface area contributed by atoms with Gasteiger partial charge in [0, 0.05) is 32.2 Å². The summed E-state index contributed by atoms with van der Waals surface area (Å²) in [5, 5.41) is 0. The maximum atomic E-state index is 13.0. The molecule has 1 aliphatic rings. The van der Waals surface area contributed by atoms with Crippen LogP contribution in [0, 0.1) is 5.82 Å². The second kappa shape index (κ2) is 10.9. The molecule has 5 nitrogen and oxygen atoms in total. The maximum Gasteiger partial charge on any atom is 0.226 e. The molecule has 3 rings (SSSR count). The molecular weight excluding hydrogens is 371 g/mol. The third-order valence-electron chi connectivity index (χ3n) is 5.07. The highest BCUT2D eigenvalue weighted by molar-refractivity contribution is 5.76. The van der Waals surface area contributed by atoms with Gasteiger partial charge >= 0.3 is 0 Å². The Hall–Kier alpha value is -2.44. The Morgan fingerprint density at radius 2 is 1.83 bits per heavy atom. The number of halogens is 1. The van der Waals surface area contributed by atoms with Gasteiger partial charge in [-0.1, -0.05) is 30.3 Å². The van der Waals surface area contributed by atoms with Crippen LogP contribution in [0.4, 0.5) is 4.39 Å². The molecule has 1 aliphatic heterocycles. The van der Waals surface area contributed by atoms with E-state index in [0.29, 0.717) is 12.3 Å². The quantitative estimate of drug-likeness (QED) is 0.648. The van der Waals surface area contributed by atoms with Crippen LogP contribution >= 0.6 is 0 Å². The molecule has 0 aromatic heterocycles. The number of ether oxygens (including phenoxy) is 2. The molecule has 0 aliphatic carbocycles. The SMILES string of the molecule is CC(CN1CCOCC1)N(Cc1ccccc1)C(=O)CCOc1ccc(F)cc1. The van der Waals surface area contributed by atoms with E-state index >= 15 is 0 Å². The molecule has 0 N–H and O–H groups in total. The number of carbonyl (C=O) groups excluding carboxylic acids is 1. The molecule has 1 unspecified atom stereocenters. The molecule has 0 saturated carbocycles. The lowest BCUT2D eigenvalue weighted by molar-refractivity contribution is -0.135. The molecule has 1 heterocycles. The van der Waals surface area contributed by atoms with Crippen LogP contribution in [0.2, 0.25) is 0 Å². The minimum atomic E-state index is -0.306. The molecular formula is C23H29FN2O3. The van der Waals surface area contributed by atoms with Crippen molar-refractivity contribution in [2.45, 2.75) is 25.9 Å². The highest BCUT2D eigenvalue weighted by Crippen LogP contribution is 2.14. The fourth-order valence-electron chi connectivity index (χ4n) is 3.46. The number of morpholine rings is 1. The van der Waals surface area contributed by atoms with E-state index in [4.69, 9.17) is 9.47 Å². The first-order valence-corrected chi connectivity index (χ1v) is 10.1. The predicted molar refractivity (Wildman–Crippen MR) is 110 cm³/mol. The standard InChI is InChI=1S/C23H29FN2O3/c1-19(17-25-12-15-28-16-13-25)26(18-20-5-3-2-4-6-20)23(27)11-14-29-22-9-7-21(24)8-10-22/h2-10,19H,11-18H2,1H3. The minimum absolute atomic E-state index is 0.0525. The minimum Gasteiger partial charge on any atom is -0.493 e. The lowest BCUT2D eigenvalue weighted by Crippen LogP contribution is -2.48. The molecule has 1 atom stereocenters. The first-order chi connectivity index (χ1) is 14.1. The molecule has 1 saturated heterocycles. The van der Waals surface area contributed by atoms with Crippen molar-refractivity contribution in [3.8, 4) is 5.75 Å². The molecule has 2 aromatic rings. The summed E-state index contributed by atoms with van der Waals surface area (Å²) in [6.45, 7) is 7.02. The van der Waals surface area contributed by atoms with Crippen LogP contribution in [0.25, 0.3) is 0 Å². The molecule has 0 radical (unpaired) electrons. The van der Waals surface area contributed by atoms with Gasteiger partial charge in [-0.3, -0.25) is 9.69 Å². The van der Waals surface area contributed by atoms with Gasteiger partial charge in [0.25, 0.3) is 0 Å². The van der Waals surface area contributed by atoms with E-state index in [9.17, 15) is 9.18 Å². The van der Waals surface area contributed by atoms with Gasteiger partial charge in [0.1, 0.15) is 11.6 Å². The fourth-order valence-corrected chi connectivity index (χ4v) is 3.46. The van der Waals surface area contributed by atoms with E-state index in [1.54, 1.807) is 12.1 Å². The molecule has 1 fully saturated rings. The topological polar surface area (TPSA) is 42.0 Å². The number of benzene rings is 2. The number of hydrogen-bond acceptors (Lipinski definition) is 4. The van der Waals surface area contributed by atoms with Gasteiger partial charge in [-0.15, -0.1) is 0 Å². The molecule has 0 spiro atoms. The zero-order valence-electron chi connectivity index (χ0n) is 16.9. The monoisotopic (exact) mass is 400 g/mol. The Kier molecular flexibility index (Phi) is 8.02. The Labute approximate surface area is 172 Å². The summed E-state index contributed by atoms with van der Waals surface area (Å²) in [7, 11) is 0. The Balaban J connectivity index is 1.59. The van der Waals surface area contributed by atoms with Gasteiger partial charge in [-0.05, 0) is 36.8 Å². The van der Waals surface area contributed by atoms with Crippen molar-refractivity contribution in [3.63, 3.8) is 0 Å². The van der Waals surface area contributed by atoms with Gasteiger partial charge in [-0.2, -0.15) is 0 Å². The van der Waals surface area contributed by atoms with Crippen LogP contribution in [0.15, 0.2) is 54.6 Å². The number of hydrogen-bond donors (Lipinski definition) is 0. The van der Waals surface area contributed by atoms with Gasteiger partial charge in [-0.25, -0.2) is 4.39 Å². The van der Waals surface area contributed by atoms with Crippen LogP contribution in [0.3, 0.4) is 0 Å². The molecule has 1 amide bonds. The van der Waals surface area contributed by atoms with Crippen LogP contribution in [-0.2, 0) is 16.1 Å². The van der Waals surface area contributed by atoms with E-state index in [1.807, 2.05) is 35.2 Å². The van der Waals surface area contributed by atoms with Crippen molar-refractivity contribution in [1.29, 1.82) is 0 Å². The van der Waals surface area contributed by atoms with Crippen molar-refractivity contribution in [3.05, 3.63) is 66.0 Å². The zero-order chi connectivity index (χ0) is 20.5. The molecule has 6 heteroatoms. The number of amides is 1. The Morgan fingerprint density at radius 3 is 2.52 bits per heavy atom. The largest absolute Gasteiger partial charge is 0.493 e. The zero-order valence-corrected chi connectivity index (χ0v) is 16.9. The van der Waals surface area contributed by atoms with Gasteiger partial charge in [0.05, 0.1) is 26.2 Å².